The largest absolute Gasteiger partial charge is 0.481 e. The summed E-state index contributed by atoms with van der Waals surface area (Å²) in [6, 6.07) is 5.66. The number of carboxylic acid groups (broad SMARTS) is 1. The van der Waals surface area contributed by atoms with Gasteiger partial charge in [-0.05, 0) is 67.2 Å². The Bertz CT molecular complexity index is 785. The molecule has 0 spiro atoms. The molecule has 1 aliphatic rings. The molecule has 3 unspecified atom stereocenters. The van der Waals surface area contributed by atoms with Crippen molar-refractivity contribution in [1.82, 2.24) is 0 Å². The minimum atomic E-state index is -0.788. The summed E-state index contributed by atoms with van der Waals surface area (Å²) in [5, 5.41) is 19.8. The van der Waals surface area contributed by atoms with Gasteiger partial charge >= 0.3 is 11.9 Å². The van der Waals surface area contributed by atoms with E-state index >= 15 is 0 Å². The van der Waals surface area contributed by atoms with Gasteiger partial charge in [0.15, 0.2) is 0 Å². The van der Waals surface area contributed by atoms with Crippen LogP contribution in [0.2, 0.25) is 5.02 Å². The zero-order valence-corrected chi connectivity index (χ0v) is 20.6. The van der Waals surface area contributed by atoms with Crippen molar-refractivity contribution in [3.05, 3.63) is 46.5 Å². The van der Waals surface area contributed by atoms with Gasteiger partial charge in [-0.15, -0.1) is 11.6 Å². The number of aliphatic carboxylic acids is 1. The molecule has 0 aliphatic heterocycles. The summed E-state index contributed by atoms with van der Waals surface area (Å²) in [4.78, 5) is 21.5. The van der Waals surface area contributed by atoms with Gasteiger partial charge in [-0.3, -0.25) is 9.59 Å². The van der Waals surface area contributed by atoms with E-state index in [4.69, 9.17) is 33.0 Å². The van der Waals surface area contributed by atoms with Crippen LogP contribution < -0.4 is 0 Å². The number of hydrogen-bond donors (Lipinski definition) is 2. The smallest absolute Gasteiger partial charge is 0.303 e. The summed E-state index contributed by atoms with van der Waals surface area (Å²) in [6.45, 7) is 1.55. The fourth-order valence-electron chi connectivity index (χ4n) is 4.04. The number of esters is 1. The monoisotopic (exact) mass is 534 g/mol. The number of hydrogen-bond acceptors (Lipinski definition) is 4. The number of ether oxygens (including phenoxy) is 1. The molecular formula is C23H29BrCl2O5. The zero-order chi connectivity index (χ0) is 23.0. The number of alkyl halides is 2. The lowest BCUT2D eigenvalue weighted by atomic mass is 9.86. The summed E-state index contributed by atoms with van der Waals surface area (Å²) >= 11 is 16.4. The first kappa shape index (κ1) is 26.2. The lowest BCUT2D eigenvalue weighted by molar-refractivity contribution is -0.142. The van der Waals surface area contributed by atoms with Crippen molar-refractivity contribution < 1.29 is 24.5 Å². The number of halogens is 3. The van der Waals surface area contributed by atoms with Crippen LogP contribution in [0.25, 0.3) is 0 Å². The molecule has 5 nitrogen and oxygen atoms in total. The second kappa shape index (κ2) is 12.8. The molecule has 0 saturated heterocycles. The van der Waals surface area contributed by atoms with E-state index in [0.717, 1.165) is 24.0 Å². The van der Waals surface area contributed by atoms with E-state index in [1.807, 2.05) is 24.3 Å². The first-order chi connectivity index (χ1) is 14.7. The molecule has 2 rings (SSSR count). The highest BCUT2D eigenvalue weighted by Crippen LogP contribution is 2.44. The molecule has 172 valence electrons. The Morgan fingerprint density at radius 1 is 1.19 bits per heavy atom. The summed E-state index contributed by atoms with van der Waals surface area (Å²) in [6.07, 6.45) is 7.15. The van der Waals surface area contributed by atoms with Crippen molar-refractivity contribution in [3.8, 4) is 0 Å². The van der Waals surface area contributed by atoms with Crippen molar-refractivity contribution in [2.75, 3.05) is 0 Å². The molecule has 1 aromatic carbocycles. The number of benzene rings is 1. The van der Waals surface area contributed by atoms with Gasteiger partial charge in [0.2, 0.25) is 0 Å². The van der Waals surface area contributed by atoms with Crippen molar-refractivity contribution >= 4 is 51.1 Å². The number of aryl methyl sites for hydroxylation is 1. The first-order valence-corrected chi connectivity index (χ1v) is 12.2. The number of carbonyl (C=O) groups excluding carboxylic acids is 1. The van der Waals surface area contributed by atoms with Crippen LogP contribution in [0, 0.1) is 11.8 Å². The Hall–Kier alpha value is -1.08. The molecule has 1 fully saturated rings. The zero-order valence-electron chi connectivity index (χ0n) is 17.5. The van der Waals surface area contributed by atoms with Crippen molar-refractivity contribution in [2.24, 2.45) is 11.8 Å². The third kappa shape index (κ3) is 8.41. The average Bonchev–Trinajstić information content (AvgIpc) is 2.90. The normalized spacial score (nSPS) is 25.8. The molecule has 8 heteroatoms. The minimum Gasteiger partial charge on any atom is -0.481 e. The quantitative estimate of drug-likeness (QED) is 0.169. The average molecular weight is 536 g/mol. The highest BCUT2D eigenvalue weighted by Gasteiger charge is 2.46. The topological polar surface area (TPSA) is 83.8 Å². The van der Waals surface area contributed by atoms with E-state index in [1.165, 1.54) is 6.92 Å². The number of unbranched alkanes of at least 4 members (excludes halogenated alkanes) is 1. The number of allylic oxidation sites excluding steroid dienone is 2. The summed E-state index contributed by atoms with van der Waals surface area (Å²) < 4.78 is 5.07. The molecule has 0 bridgehead atoms. The molecule has 0 heterocycles. The molecule has 0 aromatic heterocycles. The Labute approximate surface area is 201 Å². The fourth-order valence-corrected chi connectivity index (χ4v) is 5.57. The molecule has 0 radical (unpaired) electrons. The van der Waals surface area contributed by atoms with E-state index in [1.54, 1.807) is 6.07 Å². The van der Waals surface area contributed by atoms with Gasteiger partial charge in [0, 0.05) is 18.4 Å². The summed E-state index contributed by atoms with van der Waals surface area (Å²) in [7, 11) is 0. The second-order valence-corrected chi connectivity index (χ2v) is 9.98. The molecule has 0 amide bonds. The van der Waals surface area contributed by atoms with Crippen LogP contribution in [-0.4, -0.2) is 38.5 Å². The van der Waals surface area contributed by atoms with Crippen LogP contribution in [-0.2, 0) is 27.4 Å². The fraction of sp³-hybridized carbons (Fsp3) is 0.565. The lowest BCUT2D eigenvalue weighted by Crippen LogP contribution is -2.23. The van der Waals surface area contributed by atoms with Gasteiger partial charge in [0.05, 0.1) is 16.3 Å². The molecule has 5 atom stereocenters. The summed E-state index contributed by atoms with van der Waals surface area (Å²) in [5.74, 6) is -1.000. The van der Waals surface area contributed by atoms with Gasteiger partial charge in [0.25, 0.3) is 0 Å². The Morgan fingerprint density at radius 3 is 2.58 bits per heavy atom. The third-order valence-corrected chi connectivity index (χ3v) is 7.82. The molecule has 1 aliphatic carbocycles. The van der Waals surface area contributed by atoms with Crippen LogP contribution in [0.15, 0.2) is 30.4 Å². The minimum absolute atomic E-state index is 0.0160. The van der Waals surface area contributed by atoms with Gasteiger partial charge < -0.3 is 14.9 Å². The van der Waals surface area contributed by atoms with Crippen molar-refractivity contribution in [2.45, 2.75) is 68.4 Å². The van der Waals surface area contributed by atoms with Crippen LogP contribution in [0.1, 0.15) is 50.2 Å². The Balaban J connectivity index is 1.98. The Kier molecular flexibility index (Phi) is 10.8. The van der Waals surface area contributed by atoms with E-state index in [9.17, 15) is 14.7 Å². The van der Waals surface area contributed by atoms with E-state index in [0.29, 0.717) is 24.3 Å². The number of carboxylic acids is 1. The highest BCUT2D eigenvalue weighted by molar-refractivity contribution is 9.09. The SMILES string of the molecule is CC(=O)OCc1cc(Cl)cc(CC[C@H]2C(Cl)C(Br)C(O)[C@@H]2CC=CCCCC(=O)O)c1. The van der Waals surface area contributed by atoms with E-state index in [-0.39, 0.29) is 41.0 Å². The number of aliphatic hydroxyl groups is 1. The van der Waals surface area contributed by atoms with Gasteiger partial charge in [0.1, 0.15) is 6.61 Å². The predicted molar refractivity (Wildman–Crippen MR) is 126 cm³/mol. The van der Waals surface area contributed by atoms with Crippen LogP contribution in [0.4, 0.5) is 0 Å². The van der Waals surface area contributed by atoms with Crippen LogP contribution in [0.3, 0.4) is 0 Å². The molecular weight excluding hydrogens is 507 g/mol. The standard InChI is InChI=1S/C23H29BrCl2O5/c1-14(27)31-13-16-10-15(11-17(25)12-16)8-9-18-19(23(30)21(24)22(18)26)6-4-2-3-5-7-20(28)29/h2,4,10-12,18-19,21-23,30H,3,5-9,13H2,1H3,(H,28,29)/t18-,19-,21?,22?,23?/m1/s1. The number of rotatable bonds is 11. The summed E-state index contributed by atoms with van der Waals surface area (Å²) in [5.41, 5.74) is 1.87. The Morgan fingerprint density at radius 2 is 1.90 bits per heavy atom. The van der Waals surface area contributed by atoms with E-state index < -0.39 is 12.1 Å². The third-order valence-electron chi connectivity index (χ3n) is 5.59. The van der Waals surface area contributed by atoms with Crippen molar-refractivity contribution in [1.29, 1.82) is 0 Å². The van der Waals surface area contributed by atoms with Crippen molar-refractivity contribution in [3.63, 3.8) is 0 Å². The molecule has 1 aromatic rings. The van der Waals surface area contributed by atoms with Gasteiger partial charge in [-0.25, -0.2) is 0 Å². The second-order valence-electron chi connectivity index (χ2n) is 7.99. The number of aliphatic hydroxyl groups excluding tert-OH is 1. The maximum absolute atomic E-state index is 11.1. The van der Waals surface area contributed by atoms with Gasteiger partial charge in [-0.2, -0.15) is 0 Å². The maximum Gasteiger partial charge on any atom is 0.303 e. The predicted octanol–water partition coefficient (Wildman–Crippen LogP) is 5.51. The molecule has 1 saturated carbocycles. The molecule has 2 N–H and O–H groups in total. The van der Waals surface area contributed by atoms with Crippen LogP contribution in [0.5, 0.6) is 0 Å². The van der Waals surface area contributed by atoms with Gasteiger partial charge in [-0.1, -0.05) is 45.7 Å². The maximum atomic E-state index is 11.1. The highest BCUT2D eigenvalue weighted by atomic mass is 79.9. The lowest BCUT2D eigenvalue weighted by Gasteiger charge is -2.22. The first-order valence-electron chi connectivity index (χ1n) is 10.4. The molecule has 31 heavy (non-hydrogen) atoms. The van der Waals surface area contributed by atoms with E-state index in [2.05, 4.69) is 15.9 Å². The van der Waals surface area contributed by atoms with Crippen LogP contribution >= 0.6 is 39.1 Å². The number of carbonyl (C=O) groups is 2.